The number of rotatable bonds is 4. The summed E-state index contributed by atoms with van der Waals surface area (Å²) in [6.45, 7) is 0. The summed E-state index contributed by atoms with van der Waals surface area (Å²) in [5.74, 6) is -0.498. The molecule has 1 aromatic carbocycles. The van der Waals surface area contributed by atoms with Crippen LogP contribution in [0.2, 0.25) is 5.02 Å². The van der Waals surface area contributed by atoms with Crippen LogP contribution in [0.5, 0.6) is 0 Å². The molecule has 98 valence electrons. The summed E-state index contributed by atoms with van der Waals surface area (Å²) >= 11 is 5.54. The molecule has 0 bridgehead atoms. The first-order valence-corrected chi connectivity index (χ1v) is 6.14. The van der Waals surface area contributed by atoms with Crippen molar-refractivity contribution < 1.29 is 13.3 Å². The van der Waals surface area contributed by atoms with Gasteiger partial charge in [-0.05, 0) is 12.1 Å². The number of nitrogens with zero attached hydrogens (tertiary/aromatic N) is 2. The Bertz CT molecular complexity index is 610. The molecule has 1 rings (SSSR count). The van der Waals surface area contributed by atoms with Crippen LogP contribution in [0.3, 0.4) is 0 Å². The van der Waals surface area contributed by atoms with Crippen molar-refractivity contribution in [1.29, 1.82) is 0 Å². The number of hydrazone groups is 1. The highest BCUT2D eigenvalue weighted by Gasteiger charge is 2.20. The molecule has 0 amide bonds. The molecular formula is C7H8ClN5O4S. The van der Waals surface area contributed by atoms with Gasteiger partial charge in [-0.3, -0.25) is 10.1 Å². The van der Waals surface area contributed by atoms with E-state index in [1.54, 1.807) is 4.83 Å². The van der Waals surface area contributed by atoms with E-state index in [0.717, 1.165) is 18.2 Å². The van der Waals surface area contributed by atoms with Gasteiger partial charge in [-0.2, -0.15) is 13.2 Å². The maximum atomic E-state index is 11.6. The average molecular weight is 294 g/mol. The van der Waals surface area contributed by atoms with Gasteiger partial charge in [0.2, 0.25) is 5.96 Å². The van der Waals surface area contributed by atoms with Crippen molar-refractivity contribution in [1.82, 2.24) is 4.83 Å². The Morgan fingerprint density at radius 2 is 2.06 bits per heavy atom. The van der Waals surface area contributed by atoms with Crippen LogP contribution in [0, 0.1) is 10.1 Å². The minimum Gasteiger partial charge on any atom is -0.369 e. The fourth-order valence-corrected chi connectivity index (χ4v) is 2.00. The Balaban J connectivity index is 3.22. The van der Waals surface area contributed by atoms with Crippen molar-refractivity contribution in [2.75, 3.05) is 0 Å². The molecule has 0 aliphatic carbocycles. The number of sulfonamides is 1. The highest BCUT2D eigenvalue weighted by Crippen LogP contribution is 2.26. The van der Waals surface area contributed by atoms with Gasteiger partial charge in [0.05, 0.1) is 9.82 Å². The van der Waals surface area contributed by atoms with E-state index in [1.807, 2.05) is 0 Å². The summed E-state index contributed by atoms with van der Waals surface area (Å²) in [6, 6.07) is 2.97. The predicted molar refractivity (Wildman–Crippen MR) is 64.2 cm³/mol. The molecule has 0 aliphatic rings. The van der Waals surface area contributed by atoms with Crippen LogP contribution in [0.1, 0.15) is 0 Å². The fraction of sp³-hybridized carbons (Fsp3) is 0. The zero-order valence-corrected chi connectivity index (χ0v) is 10.3. The Labute approximate surface area is 107 Å². The normalized spacial score (nSPS) is 10.7. The molecule has 11 heteroatoms. The number of nitrogens with two attached hydrogens (primary N) is 2. The van der Waals surface area contributed by atoms with Crippen molar-refractivity contribution in [2.24, 2.45) is 16.6 Å². The first-order valence-electron chi connectivity index (χ1n) is 4.28. The minimum atomic E-state index is -4.09. The third-order valence-electron chi connectivity index (χ3n) is 1.72. The lowest BCUT2D eigenvalue weighted by atomic mass is 10.3. The quantitative estimate of drug-likeness (QED) is 0.300. The van der Waals surface area contributed by atoms with E-state index in [-0.39, 0.29) is 9.92 Å². The van der Waals surface area contributed by atoms with E-state index in [4.69, 9.17) is 23.1 Å². The highest BCUT2D eigenvalue weighted by molar-refractivity contribution is 7.89. The smallest absolute Gasteiger partial charge is 0.289 e. The van der Waals surface area contributed by atoms with Gasteiger partial charge >= 0.3 is 0 Å². The number of guanidine groups is 1. The number of nitro benzene ring substituents is 1. The first-order chi connectivity index (χ1) is 8.24. The number of benzene rings is 1. The first kappa shape index (κ1) is 14.0. The second kappa shape index (κ2) is 5.06. The van der Waals surface area contributed by atoms with Gasteiger partial charge in [-0.25, -0.2) is 0 Å². The van der Waals surface area contributed by atoms with Crippen molar-refractivity contribution in [2.45, 2.75) is 4.90 Å². The molecule has 9 nitrogen and oxygen atoms in total. The van der Waals surface area contributed by atoms with Crippen molar-refractivity contribution in [3.05, 3.63) is 33.3 Å². The molecule has 0 heterocycles. The van der Waals surface area contributed by atoms with Gasteiger partial charge in [0.1, 0.15) is 5.02 Å². The SMILES string of the molecule is NC(N)=NNS(=O)(=O)c1ccc(Cl)c([N+](=O)[O-])c1. The molecule has 0 spiro atoms. The third-order valence-corrected chi connectivity index (χ3v) is 3.25. The zero-order chi connectivity index (χ0) is 13.9. The van der Waals surface area contributed by atoms with Crippen molar-refractivity contribution in [3.8, 4) is 0 Å². The highest BCUT2D eigenvalue weighted by atomic mass is 35.5. The lowest BCUT2D eigenvalue weighted by Crippen LogP contribution is -2.29. The van der Waals surface area contributed by atoms with Gasteiger partial charge in [-0.15, -0.1) is 5.10 Å². The van der Waals surface area contributed by atoms with Crippen molar-refractivity contribution >= 4 is 33.3 Å². The summed E-state index contributed by atoms with van der Waals surface area (Å²) in [6.07, 6.45) is 0. The van der Waals surface area contributed by atoms with Crippen LogP contribution >= 0.6 is 11.6 Å². The molecule has 0 unspecified atom stereocenters. The number of nitro groups is 1. The second-order valence-electron chi connectivity index (χ2n) is 3.00. The fourth-order valence-electron chi connectivity index (χ4n) is 0.965. The van der Waals surface area contributed by atoms with Crippen LogP contribution in [0.4, 0.5) is 5.69 Å². The molecule has 0 aromatic heterocycles. The summed E-state index contributed by atoms with van der Waals surface area (Å²) in [4.78, 5) is 11.1. The molecule has 0 radical (unpaired) electrons. The number of hydrogen-bond acceptors (Lipinski definition) is 5. The average Bonchev–Trinajstić information content (AvgIpc) is 2.26. The number of halogens is 1. The van der Waals surface area contributed by atoms with E-state index in [0.29, 0.717) is 0 Å². The van der Waals surface area contributed by atoms with E-state index in [1.165, 1.54) is 0 Å². The van der Waals surface area contributed by atoms with Crippen LogP contribution in [0.15, 0.2) is 28.2 Å². The molecule has 18 heavy (non-hydrogen) atoms. The Morgan fingerprint density at radius 1 is 1.44 bits per heavy atom. The van der Waals surface area contributed by atoms with E-state index in [2.05, 4.69) is 5.10 Å². The van der Waals surface area contributed by atoms with Crippen molar-refractivity contribution in [3.63, 3.8) is 0 Å². The van der Waals surface area contributed by atoms with Gasteiger partial charge in [0.15, 0.2) is 0 Å². The van der Waals surface area contributed by atoms with E-state index < -0.39 is 26.6 Å². The van der Waals surface area contributed by atoms with Gasteiger partial charge in [-0.1, -0.05) is 11.6 Å². The molecule has 0 aliphatic heterocycles. The summed E-state index contributed by atoms with van der Waals surface area (Å²) in [7, 11) is -4.09. The largest absolute Gasteiger partial charge is 0.369 e. The standard InChI is InChI=1S/C7H8ClN5O4S/c8-5-2-1-4(3-6(5)13(14)15)18(16,17)12-11-7(9)10/h1-3,12H,(H4,9,10,11). The molecule has 0 saturated carbocycles. The topological polar surface area (TPSA) is 154 Å². The van der Waals surface area contributed by atoms with Crippen LogP contribution in [-0.4, -0.2) is 19.3 Å². The van der Waals surface area contributed by atoms with Gasteiger partial charge < -0.3 is 11.5 Å². The second-order valence-corrected chi connectivity index (χ2v) is 5.07. The maximum absolute atomic E-state index is 11.6. The summed E-state index contributed by atoms with van der Waals surface area (Å²) in [5.41, 5.74) is 9.37. The molecular weight excluding hydrogens is 286 g/mol. The summed E-state index contributed by atoms with van der Waals surface area (Å²) < 4.78 is 23.3. The molecule has 0 saturated heterocycles. The molecule has 5 N–H and O–H groups in total. The maximum Gasteiger partial charge on any atom is 0.289 e. The van der Waals surface area contributed by atoms with E-state index >= 15 is 0 Å². The molecule has 0 atom stereocenters. The third kappa shape index (κ3) is 3.21. The zero-order valence-electron chi connectivity index (χ0n) is 8.70. The molecule has 1 aromatic rings. The van der Waals surface area contributed by atoms with Crippen LogP contribution in [0.25, 0.3) is 0 Å². The number of nitrogens with one attached hydrogen (secondary N) is 1. The lowest BCUT2D eigenvalue weighted by Gasteiger charge is -2.04. The van der Waals surface area contributed by atoms with Crippen LogP contribution in [-0.2, 0) is 10.0 Å². The van der Waals surface area contributed by atoms with Gasteiger partial charge in [0, 0.05) is 6.07 Å². The van der Waals surface area contributed by atoms with E-state index in [9.17, 15) is 18.5 Å². The monoisotopic (exact) mass is 293 g/mol. The predicted octanol–water partition coefficient (Wildman–Crippen LogP) is -0.285. The van der Waals surface area contributed by atoms with Gasteiger partial charge in [0.25, 0.3) is 15.7 Å². The Kier molecular flexibility index (Phi) is 3.93. The Morgan fingerprint density at radius 3 is 2.56 bits per heavy atom. The lowest BCUT2D eigenvalue weighted by molar-refractivity contribution is -0.384. The minimum absolute atomic E-state index is 0.180. The molecule has 0 fully saturated rings. The van der Waals surface area contributed by atoms with Crippen LogP contribution < -0.4 is 16.3 Å². The number of hydrogen-bond donors (Lipinski definition) is 3. The summed E-state index contributed by atoms with van der Waals surface area (Å²) in [5, 5.41) is 13.5. The Hall–Kier alpha value is -2.07.